The molecular formula is C23H22Cl2FN5O3. The molecule has 2 aromatic carbocycles. The second-order valence-corrected chi connectivity index (χ2v) is 8.66. The van der Waals surface area contributed by atoms with Crippen LogP contribution in [0.5, 0.6) is 5.75 Å². The maximum absolute atomic E-state index is 14.3. The van der Waals surface area contributed by atoms with Crippen molar-refractivity contribution >= 4 is 40.6 Å². The highest BCUT2D eigenvalue weighted by atomic mass is 35.5. The van der Waals surface area contributed by atoms with Crippen LogP contribution < -0.4 is 26.7 Å². The summed E-state index contributed by atoms with van der Waals surface area (Å²) in [7, 11) is 1.45. The number of amides is 1. The number of aromatic nitrogens is 2. The highest BCUT2D eigenvalue weighted by Gasteiger charge is 2.22. The first kappa shape index (κ1) is 24.0. The van der Waals surface area contributed by atoms with E-state index in [1.165, 1.54) is 31.4 Å². The van der Waals surface area contributed by atoms with E-state index in [9.17, 15) is 14.0 Å². The van der Waals surface area contributed by atoms with Crippen LogP contribution in [0.1, 0.15) is 41.2 Å². The largest absolute Gasteiger partial charge is 0.497 e. The molecular weight excluding hydrogens is 484 g/mol. The van der Waals surface area contributed by atoms with Crippen molar-refractivity contribution in [1.29, 1.82) is 0 Å². The molecule has 4 rings (SSSR count). The summed E-state index contributed by atoms with van der Waals surface area (Å²) in [6, 6.07) is 7.20. The van der Waals surface area contributed by atoms with Gasteiger partial charge in [-0.1, -0.05) is 29.6 Å². The number of piperidine rings is 1. The third kappa shape index (κ3) is 4.86. The first-order chi connectivity index (χ1) is 16.3. The molecule has 1 amide bonds. The third-order valence-electron chi connectivity index (χ3n) is 5.59. The summed E-state index contributed by atoms with van der Waals surface area (Å²) in [5.74, 6) is -1.24. The van der Waals surface area contributed by atoms with Gasteiger partial charge in [-0.05, 0) is 43.1 Å². The fraction of sp³-hybridized carbons (Fsp3) is 0.261. The Labute approximate surface area is 204 Å². The van der Waals surface area contributed by atoms with E-state index < -0.39 is 22.8 Å². The summed E-state index contributed by atoms with van der Waals surface area (Å²) < 4.78 is 20.5. The Kier molecular flexibility index (Phi) is 7.06. The van der Waals surface area contributed by atoms with Gasteiger partial charge in [0.1, 0.15) is 29.3 Å². The number of methoxy groups -OCH3 is 1. The molecule has 11 heteroatoms. The predicted octanol–water partition coefficient (Wildman–Crippen LogP) is 4.34. The van der Waals surface area contributed by atoms with Gasteiger partial charge in [-0.2, -0.15) is 0 Å². The van der Waals surface area contributed by atoms with E-state index in [0.29, 0.717) is 11.3 Å². The van der Waals surface area contributed by atoms with E-state index in [-0.39, 0.29) is 33.3 Å². The molecule has 1 saturated heterocycles. The number of anilines is 2. The quantitative estimate of drug-likeness (QED) is 0.475. The number of ether oxygens (including phenoxy) is 1. The zero-order valence-corrected chi connectivity index (χ0v) is 19.7. The van der Waals surface area contributed by atoms with Gasteiger partial charge in [0.2, 0.25) is 0 Å². The van der Waals surface area contributed by atoms with Crippen LogP contribution in [0, 0.1) is 5.82 Å². The number of benzene rings is 2. The van der Waals surface area contributed by atoms with Crippen molar-refractivity contribution < 1.29 is 13.9 Å². The number of halogens is 3. The summed E-state index contributed by atoms with van der Waals surface area (Å²) in [4.78, 5) is 30.2. The van der Waals surface area contributed by atoms with E-state index in [0.717, 1.165) is 36.7 Å². The molecule has 0 saturated carbocycles. The Morgan fingerprint density at radius 2 is 1.97 bits per heavy atom. The van der Waals surface area contributed by atoms with Crippen molar-refractivity contribution in [2.75, 3.05) is 24.7 Å². The Morgan fingerprint density at radius 1 is 1.24 bits per heavy atom. The van der Waals surface area contributed by atoms with Gasteiger partial charge < -0.3 is 21.1 Å². The number of rotatable bonds is 5. The molecule has 178 valence electrons. The molecule has 3 aromatic rings. The lowest BCUT2D eigenvalue weighted by Gasteiger charge is -2.24. The Bertz CT molecular complexity index is 1290. The van der Waals surface area contributed by atoms with Gasteiger partial charge in [0, 0.05) is 23.9 Å². The fourth-order valence-corrected chi connectivity index (χ4v) is 4.59. The first-order valence-electron chi connectivity index (χ1n) is 10.5. The van der Waals surface area contributed by atoms with Crippen molar-refractivity contribution in [1.82, 2.24) is 14.9 Å². The van der Waals surface area contributed by atoms with Crippen molar-refractivity contribution in [2.24, 2.45) is 0 Å². The number of nitrogens with zero attached hydrogens (tertiary/aromatic N) is 2. The molecule has 0 aliphatic carbocycles. The zero-order valence-electron chi connectivity index (χ0n) is 18.2. The summed E-state index contributed by atoms with van der Waals surface area (Å²) in [5, 5.41) is 6.12. The normalized spacial score (nSPS) is 15.7. The molecule has 0 spiro atoms. The van der Waals surface area contributed by atoms with Gasteiger partial charge in [0.05, 0.1) is 22.8 Å². The van der Waals surface area contributed by atoms with Crippen LogP contribution >= 0.6 is 23.2 Å². The van der Waals surface area contributed by atoms with Crippen molar-refractivity contribution in [3.8, 4) is 11.4 Å². The summed E-state index contributed by atoms with van der Waals surface area (Å²) in [5.41, 5.74) is 5.68. The van der Waals surface area contributed by atoms with E-state index in [2.05, 4.69) is 15.6 Å². The Hall–Kier alpha value is -3.14. The Balaban J connectivity index is 1.69. The van der Waals surface area contributed by atoms with Crippen LogP contribution in [0.3, 0.4) is 0 Å². The standard InChI is InChI=1S/C23H22Cl2FN5O3/c1-34-15-9-16(24)20(17(25)10-15)31-11-29-21(27)19(23(31)33)22(32)30-14-7-12(6-13(26)8-14)18-4-2-3-5-28-18/h6-11,18,28H,2-5,27H2,1H3,(H,30,32)/t18-/m1/s1. The van der Waals surface area contributed by atoms with Gasteiger partial charge in [0.15, 0.2) is 0 Å². The first-order valence-corrected chi connectivity index (χ1v) is 11.3. The van der Waals surface area contributed by atoms with Crippen LogP contribution in [0.4, 0.5) is 15.9 Å². The van der Waals surface area contributed by atoms with E-state index >= 15 is 0 Å². The predicted molar refractivity (Wildman–Crippen MR) is 130 cm³/mol. The van der Waals surface area contributed by atoms with Crippen LogP contribution in [0.25, 0.3) is 5.69 Å². The van der Waals surface area contributed by atoms with Crippen LogP contribution in [0.2, 0.25) is 10.0 Å². The molecule has 0 radical (unpaired) electrons. The maximum Gasteiger partial charge on any atom is 0.273 e. The van der Waals surface area contributed by atoms with Gasteiger partial charge >= 0.3 is 0 Å². The summed E-state index contributed by atoms with van der Waals surface area (Å²) >= 11 is 12.6. The lowest BCUT2D eigenvalue weighted by atomic mass is 9.97. The highest BCUT2D eigenvalue weighted by molar-refractivity contribution is 6.38. The minimum atomic E-state index is -0.835. The van der Waals surface area contributed by atoms with E-state index in [1.54, 1.807) is 6.07 Å². The topological polar surface area (TPSA) is 111 Å². The Morgan fingerprint density at radius 3 is 2.62 bits per heavy atom. The smallest absolute Gasteiger partial charge is 0.273 e. The number of nitrogens with one attached hydrogen (secondary N) is 2. The molecule has 8 nitrogen and oxygen atoms in total. The molecule has 1 aromatic heterocycles. The number of hydrogen-bond acceptors (Lipinski definition) is 6. The monoisotopic (exact) mass is 505 g/mol. The van der Waals surface area contributed by atoms with Gasteiger partial charge in [0.25, 0.3) is 11.5 Å². The van der Waals surface area contributed by atoms with Gasteiger partial charge in [-0.15, -0.1) is 0 Å². The maximum atomic E-state index is 14.3. The average molecular weight is 506 g/mol. The van der Waals surface area contributed by atoms with Crippen LogP contribution in [-0.4, -0.2) is 29.1 Å². The zero-order chi connectivity index (χ0) is 24.4. The second kappa shape index (κ2) is 10.0. The van der Waals surface area contributed by atoms with Crippen LogP contribution in [-0.2, 0) is 0 Å². The highest BCUT2D eigenvalue weighted by Crippen LogP contribution is 2.33. The minimum Gasteiger partial charge on any atom is -0.497 e. The number of nitrogen functional groups attached to an aromatic ring is 1. The number of nitrogens with two attached hydrogens (primary N) is 1. The molecule has 1 atom stereocenters. The molecule has 2 heterocycles. The number of carbonyl (C=O) groups is 1. The summed E-state index contributed by atoms with van der Waals surface area (Å²) in [6.45, 7) is 0.838. The third-order valence-corrected chi connectivity index (χ3v) is 6.16. The second-order valence-electron chi connectivity index (χ2n) is 7.85. The van der Waals surface area contributed by atoms with Crippen molar-refractivity contribution in [3.05, 3.63) is 74.0 Å². The fourth-order valence-electron chi connectivity index (χ4n) is 3.95. The molecule has 4 N–H and O–H groups in total. The molecule has 1 fully saturated rings. The van der Waals surface area contributed by atoms with E-state index in [4.69, 9.17) is 33.7 Å². The van der Waals surface area contributed by atoms with Gasteiger partial charge in [-0.25, -0.2) is 9.37 Å². The van der Waals surface area contributed by atoms with Crippen molar-refractivity contribution in [3.63, 3.8) is 0 Å². The lowest BCUT2D eigenvalue weighted by Crippen LogP contribution is -2.31. The molecule has 34 heavy (non-hydrogen) atoms. The van der Waals surface area contributed by atoms with E-state index in [1.807, 2.05) is 0 Å². The average Bonchev–Trinajstić information content (AvgIpc) is 2.80. The van der Waals surface area contributed by atoms with Crippen molar-refractivity contribution in [2.45, 2.75) is 25.3 Å². The molecule has 0 bridgehead atoms. The summed E-state index contributed by atoms with van der Waals surface area (Å²) in [6.07, 6.45) is 4.08. The van der Waals surface area contributed by atoms with Crippen LogP contribution in [0.15, 0.2) is 41.5 Å². The lowest BCUT2D eigenvalue weighted by molar-refractivity contribution is 0.102. The van der Waals surface area contributed by atoms with Gasteiger partial charge in [-0.3, -0.25) is 14.2 Å². The molecule has 1 aliphatic heterocycles. The SMILES string of the molecule is COc1cc(Cl)c(-n2cnc(N)c(C(=O)Nc3cc(F)cc([C@H]4CCCCN4)c3)c2=O)c(Cl)c1. The molecule has 1 aliphatic rings. The molecule has 0 unspecified atom stereocenters. The number of hydrogen-bond donors (Lipinski definition) is 3. The number of carbonyl (C=O) groups excluding carboxylic acids is 1. The minimum absolute atomic E-state index is 0.0138.